The monoisotopic (exact) mass is 221 g/mol. The number of nitrogens with one attached hydrogen (secondary N) is 1. The minimum Gasteiger partial charge on any atom is -0.217 e. The number of rotatable bonds is 4. The van der Waals surface area contributed by atoms with Crippen LogP contribution in [0.1, 0.15) is 5.56 Å². The van der Waals surface area contributed by atoms with Gasteiger partial charge in [0.2, 0.25) is 10.9 Å². The third kappa shape index (κ3) is 3.39. The van der Waals surface area contributed by atoms with Crippen molar-refractivity contribution in [3.05, 3.63) is 35.4 Å². The van der Waals surface area contributed by atoms with Crippen molar-refractivity contribution in [2.45, 2.75) is 6.42 Å². The second-order valence-electron chi connectivity index (χ2n) is 2.66. The summed E-state index contributed by atoms with van der Waals surface area (Å²) in [6.07, 6.45) is 0.334. The quantitative estimate of drug-likeness (QED) is 0.732. The van der Waals surface area contributed by atoms with E-state index in [2.05, 4.69) is 4.72 Å². The van der Waals surface area contributed by atoms with Crippen LogP contribution in [0.3, 0.4) is 0 Å². The van der Waals surface area contributed by atoms with Gasteiger partial charge in [0.05, 0.1) is 0 Å². The van der Waals surface area contributed by atoms with Crippen molar-refractivity contribution in [1.82, 2.24) is 4.72 Å². The van der Waals surface area contributed by atoms with E-state index in [9.17, 15) is 17.2 Å². The van der Waals surface area contributed by atoms with Crippen LogP contribution in [0, 0.1) is 11.6 Å². The molecule has 0 fully saturated rings. The summed E-state index contributed by atoms with van der Waals surface area (Å²) < 4.78 is 47.5. The molecule has 1 N–H and O–H groups in total. The first-order valence-corrected chi connectivity index (χ1v) is 5.09. The fraction of sp³-hybridized carbons (Fsp3) is 0.250. The summed E-state index contributed by atoms with van der Waals surface area (Å²) in [4.78, 5) is 0. The molecule has 14 heavy (non-hydrogen) atoms. The standard InChI is InChI=1S/C8H9F2NO2S/c9-7-2-1-6(5-8(7)10)3-4-11-14(12)13/h1-2,5,14H,3-4H2,(H,11,12,13). The number of halogens is 2. The average molecular weight is 221 g/mol. The molecule has 1 rings (SSSR count). The molecule has 0 bridgehead atoms. The number of hydrogen-bond donors (Lipinski definition) is 2. The van der Waals surface area contributed by atoms with Crippen LogP contribution in [0.5, 0.6) is 0 Å². The van der Waals surface area contributed by atoms with E-state index >= 15 is 0 Å². The minimum atomic E-state index is -2.63. The van der Waals surface area contributed by atoms with Gasteiger partial charge in [-0.05, 0) is 24.1 Å². The molecule has 0 aliphatic rings. The van der Waals surface area contributed by atoms with Gasteiger partial charge in [-0.25, -0.2) is 21.9 Å². The Morgan fingerprint density at radius 2 is 1.93 bits per heavy atom. The number of benzene rings is 1. The molecular formula is C8H9F2NO2S. The Balaban J connectivity index is 2.55. The highest BCUT2D eigenvalue weighted by Gasteiger charge is 2.01. The average Bonchev–Trinajstić information content (AvgIpc) is 2.10. The van der Waals surface area contributed by atoms with E-state index in [1.54, 1.807) is 0 Å². The Bertz CT molecular complexity index is 385. The van der Waals surface area contributed by atoms with E-state index in [-0.39, 0.29) is 6.54 Å². The van der Waals surface area contributed by atoms with E-state index in [0.717, 1.165) is 12.1 Å². The normalized spacial score (nSPS) is 10.8. The highest BCUT2D eigenvalue weighted by atomic mass is 32.2. The molecule has 0 heterocycles. The Hall–Kier alpha value is -1.01. The summed E-state index contributed by atoms with van der Waals surface area (Å²) in [5.41, 5.74) is 0.549. The zero-order valence-corrected chi connectivity index (χ0v) is 8.06. The van der Waals surface area contributed by atoms with E-state index < -0.39 is 22.5 Å². The van der Waals surface area contributed by atoms with Crippen molar-refractivity contribution < 1.29 is 17.2 Å². The summed E-state index contributed by atoms with van der Waals surface area (Å²) in [6.45, 7) is 0.184. The van der Waals surface area contributed by atoms with Crippen LogP contribution in [-0.4, -0.2) is 15.0 Å². The van der Waals surface area contributed by atoms with Gasteiger partial charge in [-0.2, -0.15) is 0 Å². The summed E-state index contributed by atoms with van der Waals surface area (Å²) in [6, 6.07) is 3.48. The van der Waals surface area contributed by atoms with Crippen LogP contribution >= 0.6 is 0 Å². The van der Waals surface area contributed by atoms with Crippen LogP contribution in [0.4, 0.5) is 8.78 Å². The lowest BCUT2D eigenvalue weighted by atomic mass is 10.1. The predicted molar refractivity (Wildman–Crippen MR) is 48.4 cm³/mol. The first-order chi connectivity index (χ1) is 6.59. The van der Waals surface area contributed by atoms with E-state index in [4.69, 9.17) is 0 Å². The summed E-state index contributed by atoms with van der Waals surface area (Å²) in [7, 11) is -2.63. The lowest BCUT2D eigenvalue weighted by molar-refractivity contribution is 0.507. The maximum absolute atomic E-state index is 12.7. The molecule has 0 aromatic heterocycles. The minimum absolute atomic E-state index is 0.184. The van der Waals surface area contributed by atoms with Gasteiger partial charge >= 0.3 is 0 Å². The van der Waals surface area contributed by atoms with Crippen molar-refractivity contribution in [3.63, 3.8) is 0 Å². The molecule has 0 aliphatic carbocycles. The number of thiol groups is 1. The molecule has 0 saturated carbocycles. The van der Waals surface area contributed by atoms with Crippen LogP contribution < -0.4 is 4.72 Å². The summed E-state index contributed by atoms with van der Waals surface area (Å²) >= 11 is 0. The van der Waals surface area contributed by atoms with E-state index in [1.807, 2.05) is 0 Å². The van der Waals surface area contributed by atoms with Gasteiger partial charge in [-0.15, -0.1) is 0 Å². The SMILES string of the molecule is O=[SH](=O)NCCc1ccc(F)c(F)c1. The fourth-order valence-corrected chi connectivity index (χ4v) is 1.28. The zero-order chi connectivity index (χ0) is 10.6. The topological polar surface area (TPSA) is 46.2 Å². The smallest absolute Gasteiger partial charge is 0.201 e. The van der Waals surface area contributed by atoms with Gasteiger partial charge in [0.1, 0.15) is 0 Å². The highest BCUT2D eigenvalue weighted by molar-refractivity contribution is 7.70. The van der Waals surface area contributed by atoms with Crippen molar-refractivity contribution in [3.8, 4) is 0 Å². The Labute approximate surface area is 81.8 Å². The van der Waals surface area contributed by atoms with Gasteiger partial charge < -0.3 is 0 Å². The molecule has 0 unspecified atom stereocenters. The first kappa shape index (κ1) is 11.1. The van der Waals surface area contributed by atoms with Gasteiger partial charge in [0, 0.05) is 6.54 Å². The highest BCUT2D eigenvalue weighted by Crippen LogP contribution is 2.08. The summed E-state index contributed by atoms with van der Waals surface area (Å²) in [5, 5.41) is 0. The van der Waals surface area contributed by atoms with Crippen molar-refractivity contribution in [2.24, 2.45) is 0 Å². The molecule has 0 atom stereocenters. The third-order valence-corrected chi connectivity index (χ3v) is 2.12. The molecule has 3 nitrogen and oxygen atoms in total. The fourth-order valence-electron chi connectivity index (χ4n) is 0.987. The van der Waals surface area contributed by atoms with E-state index in [1.165, 1.54) is 6.07 Å². The molecule has 0 saturated heterocycles. The zero-order valence-electron chi connectivity index (χ0n) is 7.17. The van der Waals surface area contributed by atoms with Crippen LogP contribution in [-0.2, 0) is 17.3 Å². The van der Waals surface area contributed by atoms with Crippen LogP contribution in [0.15, 0.2) is 18.2 Å². The van der Waals surface area contributed by atoms with Gasteiger partial charge in [-0.3, -0.25) is 0 Å². The van der Waals surface area contributed by atoms with Gasteiger partial charge in [0.15, 0.2) is 11.6 Å². The molecule has 1 aromatic carbocycles. The van der Waals surface area contributed by atoms with Crippen molar-refractivity contribution in [2.75, 3.05) is 6.54 Å². The predicted octanol–water partition coefficient (Wildman–Crippen LogP) is 0.623. The summed E-state index contributed by atoms with van der Waals surface area (Å²) in [5.74, 6) is -1.83. The second-order valence-corrected chi connectivity index (χ2v) is 3.49. The van der Waals surface area contributed by atoms with Crippen LogP contribution in [0.2, 0.25) is 0 Å². The van der Waals surface area contributed by atoms with Crippen molar-refractivity contribution in [1.29, 1.82) is 0 Å². The van der Waals surface area contributed by atoms with Crippen molar-refractivity contribution >= 4 is 10.9 Å². The van der Waals surface area contributed by atoms with Crippen LogP contribution in [0.25, 0.3) is 0 Å². The molecule has 0 radical (unpaired) electrons. The molecular weight excluding hydrogens is 212 g/mol. The third-order valence-electron chi connectivity index (χ3n) is 1.64. The largest absolute Gasteiger partial charge is 0.217 e. The molecule has 0 aliphatic heterocycles. The Morgan fingerprint density at radius 3 is 2.50 bits per heavy atom. The number of hydrogen-bond acceptors (Lipinski definition) is 2. The molecule has 0 spiro atoms. The van der Waals surface area contributed by atoms with Gasteiger partial charge in [-0.1, -0.05) is 6.07 Å². The molecule has 1 aromatic rings. The molecule has 78 valence electrons. The maximum atomic E-state index is 12.7. The molecule has 0 amide bonds. The molecule has 6 heteroatoms. The second kappa shape index (κ2) is 5.02. The Kier molecular flexibility index (Phi) is 3.97. The lowest BCUT2D eigenvalue weighted by Crippen LogP contribution is -2.14. The van der Waals surface area contributed by atoms with E-state index in [0.29, 0.717) is 12.0 Å². The van der Waals surface area contributed by atoms with Gasteiger partial charge in [0.25, 0.3) is 0 Å². The maximum Gasteiger partial charge on any atom is 0.201 e. The lowest BCUT2D eigenvalue weighted by Gasteiger charge is -2.00. The first-order valence-electron chi connectivity index (χ1n) is 3.91. The Morgan fingerprint density at radius 1 is 1.21 bits per heavy atom.